The van der Waals surface area contributed by atoms with Crippen LogP contribution in [0.25, 0.3) is 4.96 Å². The van der Waals surface area contributed by atoms with E-state index in [-0.39, 0.29) is 0 Å². The molecule has 3 rings (SSSR count). The van der Waals surface area contributed by atoms with Gasteiger partial charge in [-0.1, -0.05) is 12.1 Å². The molecule has 1 aromatic carbocycles. The van der Waals surface area contributed by atoms with Crippen LogP contribution in [0.2, 0.25) is 0 Å². The lowest BCUT2D eigenvalue weighted by atomic mass is 10.3. The Bertz CT molecular complexity index is 748. The van der Waals surface area contributed by atoms with E-state index in [1.807, 2.05) is 30.5 Å². The van der Waals surface area contributed by atoms with E-state index in [4.69, 9.17) is 9.47 Å². The molecular formula is C14H12N2O3S. The quantitative estimate of drug-likeness (QED) is 0.675. The lowest BCUT2D eigenvalue weighted by molar-refractivity contribution is 0.111. The molecule has 0 radical (unpaired) electrons. The lowest BCUT2D eigenvalue weighted by Gasteiger charge is -2.09. The molecule has 0 aliphatic heterocycles. The van der Waals surface area contributed by atoms with Crippen molar-refractivity contribution in [3.8, 4) is 17.4 Å². The molecule has 0 aliphatic carbocycles. The first-order valence-electron chi connectivity index (χ1n) is 6.14. The number of thiazole rings is 1. The molecular weight excluding hydrogens is 276 g/mol. The topological polar surface area (TPSA) is 52.8 Å². The zero-order valence-corrected chi connectivity index (χ0v) is 11.6. The number of hydrogen-bond donors (Lipinski definition) is 0. The number of carbonyl (C=O) groups excluding carboxylic acids is 1. The number of nitrogens with zero attached hydrogens (tertiary/aromatic N) is 2. The van der Waals surface area contributed by atoms with Crippen molar-refractivity contribution in [2.45, 2.75) is 6.92 Å². The van der Waals surface area contributed by atoms with Crippen LogP contribution in [0.15, 0.2) is 35.8 Å². The summed E-state index contributed by atoms with van der Waals surface area (Å²) in [6, 6.07) is 7.31. The Balaban J connectivity index is 2.00. The highest BCUT2D eigenvalue weighted by Gasteiger charge is 2.16. The van der Waals surface area contributed by atoms with Crippen LogP contribution in [0.1, 0.15) is 17.4 Å². The summed E-state index contributed by atoms with van der Waals surface area (Å²) in [6.45, 7) is 2.44. The maximum Gasteiger partial charge on any atom is 0.250 e. The van der Waals surface area contributed by atoms with E-state index in [0.717, 1.165) is 11.2 Å². The van der Waals surface area contributed by atoms with E-state index in [9.17, 15) is 4.79 Å². The van der Waals surface area contributed by atoms with E-state index in [0.29, 0.717) is 29.7 Å². The minimum absolute atomic E-state index is 0.291. The van der Waals surface area contributed by atoms with Gasteiger partial charge in [0.25, 0.3) is 0 Å². The molecule has 3 aromatic rings. The van der Waals surface area contributed by atoms with Gasteiger partial charge in [-0.15, -0.1) is 11.3 Å². The minimum Gasteiger partial charge on any atom is -0.490 e. The Morgan fingerprint density at radius 1 is 1.35 bits per heavy atom. The van der Waals surface area contributed by atoms with Gasteiger partial charge in [0.15, 0.2) is 28.4 Å². The molecule has 0 aliphatic rings. The Hall–Kier alpha value is -2.34. The molecule has 0 saturated heterocycles. The summed E-state index contributed by atoms with van der Waals surface area (Å²) in [5.74, 6) is 1.46. The molecule has 6 heteroatoms. The number of hydrogen-bond acceptors (Lipinski definition) is 5. The molecule has 0 N–H and O–H groups in total. The number of carbonyl (C=O) groups is 1. The van der Waals surface area contributed by atoms with Gasteiger partial charge in [-0.25, -0.2) is 0 Å². The number of rotatable bonds is 5. The lowest BCUT2D eigenvalue weighted by Crippen LogP contribution is -1.96. The number of aromatic nitrogens is 2. The summed E-state index contributed by atoms with van der Waals surface area (Å²) in [5, 5.41) is 1.87. The third-order valence-corrected chi connectivity index (χ3v) is 3.49. The van der Waals surface area contributed by atoms with Crippen molar-refractivity contribution in [2.24, 2.45) is 0 Å². The molecule has 2 heterocycles. The second-order valence-electron chi connectivity index (χ2n) is 3.96. The van der Waals surface area contributed by atoms with Gasteiger partial charge in [-0.2, -0.15) is 4.98 Å². The van der Waals surface area contributed by atoms with E-state index in [2.05, 4.69) is 4.98 Å². The normalized spacial score (nSPS) is 10.7. The fraction of sp³-hybridized carbons (Fsp3) is 0.143. The Labute approximate surface area is 119 Å². The number of para-hydroxylation sites is 2. The molecule has 0 unspecified atom stereocenters. The van der Waals surface area contributed by atoms with Crippen LogP contribution in [0.4, 0.5) is 0 Å². The highest BCUT2D eigenvalue weighted by atomic mass is 32.1. The van der Waals surface area contributed by atoms with Crippen LogP contribution >= 0.6 is 11.3 Å². The fourth-order valence-corrected chi connectivity index (χ4v) is 2.59. The second-order valence-corrected chi connectivity index (χ2v) is 4.83. The van der Waals surface area contributed by atoms with Crippen LogP contribution in [-0.4, -0.2) is 22.3 Å². The van der Waals surface area contributed by atoms with Crippen molar-refractivity contribution in [1.29, 1.82) is 0 Å². The third-order valence-electron chi connectivity index (χ3n) is 2.73. The monoisotopic (exact) mass is 288 g/mol. The van der Waals surface area contributed by atoms with Crippen LogP contribution < -0.4 is 9.47 Å². The summed E-state index contributed by atoms with van der Waals surface area (Å²) < 4.78 is 12.9. The second kappa shape index (κ2) is 5.34. The average molecular weight is 288 g/mol. The summed E-state index contributed by atoms with van der Waals surface area (Å²) in [5.41, 5.74) is 0.396. The maximum absolute atomic E-state index is 11.2. The molecule has 102 valence electrons. The first kappa shape index (κ1) is 12.7. The Morgan fingerprint density at radius 3 is 2.90 bits per heavy atom. The first-order chi connectivity index (χ1) is 9.83. The number of ether oxygens (including phenoxy) is 2. The van der Waals surface area contributed by atoms with Crippen molar-refractivity contribution in [3.05, 3.63) is 41.5 Å². The molecule has 0 atom stereocenters. The third kappa shape index (κ3) is 2.14. The number of aldehydes is 1. The van der Waals surface area contributed by atoms with Crippen molar-refractivity contribution in [3.63, 3.8) is 0 Å². The predicted octanol–water partition coefficient (Wildman–Crippen LogP) is 3.40. The number of imidazole rings is 1. The zero-order valence-electron chi connectivity index (χ0n) is 10.8. The first-order valence-corrected chi connectivity index (χ1v) is 7.02. The van der Waals surface area contributed by atoms with Crippen molar-refractivity contribution in [2.75, 3.05) is 6.61 Å². The zero-order chi connectivity index (χ0) is 13.9. The van der Waals surface area contributed by atoms with Gasteiger partial charge < -0.3 is 9.47 Å². The molecule has 0 bridgehead atoms. The highest BCUT2D eigenvalue weighted by molar-refractivity contribution is 7.15. The van der Waals surface area contributed by atoms with Crippen LogP contribution in [-0.2, 0) is 0 Å². The van der Waals surface area contributed by atoms with Gasteiger partial charge in [-0.3, -0.25) is 9.20 Å². The molecule has 2 aromatic heterocycles. The Kier molecular flexibility index (Phi) is 3.39. The average Bonchev–Trinajstić information content (AvgIpc) is 3.01. The van der Waals surface area contributed by atoms with Crippen LogP contribution in [0, 0.1) is 0 Å². The fourth-order valence-electron chi connectivity index (χ4n) is 1.88. The summed E-state index contributed by atoms with van der Waals surface area (Å²) >= 11 is 1.44. The Morgan fingerprint density at radius 2 is 2.15 bits per heavy atom. The van der Waals surface area contributed by atoms with Crippen LogP contribution in [0.5, 0.6) is 17.4 Å². The number of fused-ring (bicyclic) bond motifs is 1. The van der Waals surface area contributed by atoms with E-state index < -0.39 is 0 Å². The minimum atomic E-state index is 0.291. The maximum atomic E-state index is 11.2. The van der Waals surface area contributed by atoms with Crippen molar-refractivity contribution < 1.29 is 14.3 Å². The van der Waals surface area contributed by atoms with Gasteiger partial charge in [0.1, 0.15) is 0 Å². The molecule has 0 spiro atoms. The van der Waals surface area contributed by atoms with Crippen molar-refractivity contribution >= 4 is 22.6 Å². The molecule has 0 amide bonds. The largest absolute Gasteiger partial charge is 0.490 e. The summed E-state index contributed by atoms with van der Waals surface area (Å²) in [4.78, 5) is 16.3. The van der Waals surface area contributed by atoms with E-state index in [1.54, 1.807) is 16.7 Å². The van der Waals surface area contributed by atoms with E-state index >= 15 is 0 Å². The van der Waals surface area contributed by atoms with E-state index in [1.165, 1.54) is 11.3 Å². The highest BCUT2D eigenvalue weighted by Crippen LogP contribution is 2.33. The summed E-state index contributed by atoms with van der Waals surface area (Å²) in [7, 11) is 0. The molecule has 0 fully saturated rings. The van der Waals surface area contributed by atoms with Crippen molar-refractivity contribution in [1.82, 2.24) is 9.38 Å². The smallest absolute Gasteiger partial charge is 0.250 e. The molecule has 20 heavy (non-hydrogen) atoms. The summed E-state index contributed by atoms with van der Waals surface area (Å²) in [6.07, 6.45) is 2.53. The predicted molar refractivity (Wildman–Crippen MR) is 76.1 cm³/mol. The standard InChI is InChI=1S/C14H12N2O3S/c1-2-18-11-5-3-4-6-12(11)19-13-10(9-17)16-7-8-20-14(16)15-13/h3-9H,2H2,1H3. The van der Waals surface area contributed by atoms with Crippen LogP contribution in [0.3, 0.4) is 0 Å². The van der Waals surface area contributed by atoms with Gasteiger partial charge in [-0.05, 0) is 19.1 Å². The SMILES string of the molecule is CCOc1ccccc1Oc1nc2sccn2c1C=O. The van der Waals surface area contributed by atoms with Gasteiger partial charge in [0.05, 0.1) is 6.61 Å². The number of benzene rings is 1. The van der Waals surface area contributed by atoms with Gasteiger partial charge in [0.2, 0.25) is 5.88 Å². The molecule has 5 nitrogen and oxygen atoms in total. The van der Waals surface area contributed by atoms with Gasteiger partial charge >= 0.3 is 0 Å². The van der Waals surface area contributed by atoms with Gasteiger partial charge in [0, 0.05) is 11.6 Å². The molecule has 0 saturated carbocycles.